The molecular weight excluding hydrogens is 234 g/mol. The number of nitrogens with two attached hydrogens (primary N) is 1. The molecule has 6 heteroatoms. The van der Waals surface area contributed by atoms with E-state index < -0.39 is 5.97 Å². The standard InChI is InChI=1S/C12H15N3O3/c13-10-9(12(16)17)3-4-14-11(10)15-5-7-1-2-8(6-15)18-7/h3-4,7-8H,1-2,5-6,13H2,(H,16,17). The van der Waals surface area contributed by atoms with Gasteiger partial charge in [-0.05, 0) is 18.9 Å². The molecule has 18 heavy (non-hydrogen) atoms. The van der Waals surface area contributed by atoms with Crippen molar-refractivity contribution in [2.75, 3.05) is 23.7 Å². The van der Waals surface area contributed by atoms with Crippen molar-refractivity contribution in [1.29, 1.82) is 0 Å². The molecule has 6 nitrogen and oxygen atoms in total. The number of aromatic carboxylic acids is 1. The topological polar surface area (TPSA) is 88.7 Å². The van der Waals surface area contributed by atoms with Gasteiger partial charge in [0.05, 0.1) is 23.5 Å². The molecule has 1 aromatic rings. The Kier molecular flexibility index (Phi) is 2.59. The van der Waals surface area contributed by atoms with Crippen LogP contribution in [0.4, 0.5) is 11.5 Å². The van der Waals surface area contributed by atoms with Crippen LogP contribution in [-0.2, 0) is 4.74 Å². The van der Waals surface area contributed by atoms with Gasteiger partial charge in [0.15, 0.2) is 5.82 Å². The van der Waals surface area contributed by atoms with Gasteiger partial charge in [-0.3, -0.25) is 0 Å². The summed E-state index contributed by atoms with van der Waals surface area (Å²) in [7, 11) is 0. The molecule has 2 aliphatic rings. The normalized spacial score (nSPS) is 26.3. The van der Waals surface area contributed by atoms with E-state index in [0.717, 1.165) is 25.9 Å². The van der Waals surface area contributed by atoms with E-state index in [-0.39, 0.29) is 23.5 Å². The van der Waals surface area contributed by atoms with Crippen LogP contribution in [-0.4, -0.2) is 41.4 Å². The molecule has 1 aromatic heterocycles. The van der Waals surface area contributed by atoms with Gasteiger partial charge in [-0.1, -0.05) is 0 Å². The largest absolute Gasteiger partial charge is 0.478 e. The van der Waals surface area contributed by atoms with E-state index in [2.05, 4.69) is 4.98 Å². The van der Waals surface area contributed by atoms with E-state index in [4.69, 9.17) is 15.6 Å². The van der Waals surface area contributed by atoms with Gasteiger partial charge >= 0.3 is 5.97 Å². The molecule has 2 saturated heterocycles. The van der Waals surface area contributed by atoms with Crippen LogP contribution >= 0.6 is 0 Å². The Morgan fingerprint density at radius 3 is 2.72 bits per heavy atom. The lowest BCUT2D eigenvalue weighted by atomic mass is 10.2. The number of hydrogen-bond acceptors (Lipinski definition) is 5. The number of nitrogen functional groups attached to an aromatic ring is 1. The van der Waals surface area contributed by atoms with Gasteiger partial charge < -0.3 is 20.5 Å². The van der Waals surface area contributed by atoms with Crippen molar-refractivity contribution in [2.45, 2.75) is 25.0 Å². The average molecular weight is 249 g/mol. The molecule has 2 atom stereocenters. The number of carboxylic acids is 1. The number of morpholine rings is 1. The van der Waals surface area contributed by atoms with Crippen LogP contribution in [0.2, 0.25) is 0 Å². The second-order valence-corrected chi connectivity index (χ2v) is 4.76. The molecule has 3 heterocycles. The van der Waals surface area contributed by atoms with Gasteiger partial charge in [-0.2, -0.15) is 0 Å². The van der Waals surface area contributed by atoms with Crippen LogP contribution in [0.5, 0.6) is 0 Å². The van der Waals surface area contributed by atoms with Crippen LogP contribution in [0.15, 0.2) is 12.3 Å². The maximum atomic E-state index is 11.0. The molecule has 0 saturated carbocycles. The van der Waals surface area contributed by atoms with Gasteiger partial charge in [0, 0.05) is 19.3 Å². The summed E-state index contributed by atoms with van der Waals surface area (Å²) in [5.74, 6) is -0.456. The van der Waals surface area contributed by atoms with Crippen LogP contribution in [0.25, 0.3) is 0 Å². The molecule has 2 aliphatic heterocycles. The predicted octanol–water partition coefficient (Wildman–Crippen LogP) is 0.730. The fourth-order valence-electron chi connectivity index (χ4n) is 2.69. The Balaban J connectivity index is 1.92. The summed E-state index contributed by atoms with van der Waals surface area (Å²) >= 11 is 0. The molecule has 0 spiro atoms. The van der Waals surface area contributed by atoms with E-state index >= 15 is 0 Å². The summed E-state index contributed by atoms with van der Waals surface area (Å²) in [5.41, 5.74) is 6.25. The summed E-state index contributed by atoms with van der Waals surface area (Å²) in [6.45, 7) is 1.47. The monoisotopic (exact) mass is 249 g/mol. The minimum Gasteiger partial charge on any atom is -0.478 e. The maximum absolute atomic E-state index is 11.0. The zero-order chi connectivity index (χ0) is 12.7. The zero-order valence-electron chi connectivity index (χ0n) is 9.87. The van der Waals surface area contributed by atoms with Gasteiger partial charge in [0.1, 0.15) is 0 Å². The Morgan fingerprint density at radius 1 is 1.44 bits per heavy atom. The average Bonchev–Trinajstić information content (AvgIpc) is 2.68. The lowest BCUT2D eigenvalue weighted by Gasteiger charge is -2.33. The summed E-state index contributed by atoms with van der Waals surface area (Å²) in [6, 6.07) is 1.43. The lowest BCUT2D eigenvalue weighted by molar-refractivity contribution is 0.0303. The van der Waals surface area contributed by atoms with Crippen molar-refractivity contribution < 1.29 is 14.6 Å². The van der Waals surface area contributed by atoms with Crippen molar-refractivity contribution in [1.82, 2.24) is 4.98 Å². The SMILES string of the molecule is Nc1c(C(=O)O)ccnc1N1CC2CCC(C1)O2. The molecule has 0 aliphatic carbocycles. The molecule has 0 radical (unpaired) electrons. The number of anilines is 2. The number of hydrogen-bond donors (Lipinski definition) is 2. The van der Waals surface area contributed by atoms with Crippen molar-refractivity contribution >= 4 is 17.5 Å². The Hall–Kier alpha value is -1.82. The van der Waals surface area contributed by atoms with Crippen LogP contribution < -0.4 is 10.6 Å². The van der Waals surface area contributed by atoms with Gasteiger partial charge in [-0.15, -0.1) is 0 Å². The number of carboxylic acid groups (broad SMARTS) is 1. The smallest absolute Gasteiger partial charge is 0.337 e. The van der Waals surface area contributed by atoms with Crippen molar-refractivity contribution in [3.63, 3.8) is 0 Å². The number of carbonyl (C=O) groups is 1. The molecular formula is C12H15N3O3. The Labute approximate surface area is 104 Å². The van der Waals surface area contributed by atoms with Crippen molar-refractivity contribution in [3.05, 3.63) is 17.8 Å². The number of nitrogens with zero attached hydrogens (tertiary/aromatic N) is 2. The highest BCUT2D eigenvalue weighted by molar-refractivity contribution is 5.96. The molecule has 0 aromatic carbocycles. The third-order valence-electron chi connectivity index (χ3n) is 3.54. The number of pyridine rings is 1. The minimum atomic E-state index is -1.02. The molecule has 2 fully saturated rings. The quantitative estimate of drug-likeness (QED) is 0.803. The summed E-state index contributed by atoms with van der Waals surface area (Å²) in [4.78, 5) is 17.3. The van der Waals surface area contributed by atoms with Crippen LogP contribution in [0.3, 0.4) is 0 Å². The highest BCUT2D eigenvalue weighted by atomic mass is 16.5. The van der Waals surface area contributed by atoms with Crippen LogP contribution in [0.1, 0.15) is 23.2 Å². The summed E-state index contributed by atoms with van der Waals surface area (Å²) < 4.78 is 5.74. The van der Waals surface area contributed by atoms with Gasteiger partial charge in [0.25, 0.3) is 0 Å². The fraction of sp³-hybridized carbons (Fsp3) is 0.500. The van der Waals surface area contributed by atoms with E-state index in [9.17, 15) is 4.79 Å². The van der Waals surface area contributed by atoms with E-state index in [1.165, 1.54) is 12.3 Å². The zero-order valence-corrected chi connectivity index (χ0v) is 9.87. The second-order valence-electron chi connectivity index (χ2n) is 4.76. The second kappa shape index (κ2) is 4.13. The summed E-state index contributed by atoms with van der Waals surface area (Å²) in [6.07, 6.45) is 4.04. The molecule has 96 valence electrons. The van der Waals surface area contributed by atoms with Crippen LogP contribution in [0, 0.1) is 0 Å². The first-order valence-electron chi connectivity index (χ1n) is 6.03. The maximum Gasteiger partial charge on any atom is 0.337 e. The highest BCUT2D eigenvalue weighted by Gasteiger charge is 2.35. The molecule has 2 unspecified atom stereocenters. The molecule has 3 N–H and O–H groups in total. The first-order valence-corrected chi connectivity index (χ1v) is 6.03. The molecule has 0 amide bonds. The van der Waals surface area contributed by atoms with E-state index in [1.54, 1.807) is 0 Å². The number of ether oxygens (including phenoxy) is 1. The van der Waals surface area contributed by atoms with Gasteiger partial charge in [-0.25, -0.2) is 9.78 Å². The lowest BCUT2D eigenvalue weighted by Crippen LogP contribution is -2.43. The number of rotatable bonds is 2. The molecule has 3 rings (SSSR count). The minimum absolute atomic E-state index is 0.110. The fourth-order valence-corrected chi connectivity index (χ4v) is 2.69. The Morgan fingerprint density at radius 2 is 2.11 bits per heavy atom. The number of fused-ring (bicyclic) bond motifs is 2. The first kappa shape index (κ1) is 11.3. The predicted molar refractivity (Wildman–Crippen MR) is 65.7 cm³/mol. The first-order chi connectivity index (χ1) is 8.65. The number of aromatic nitrogens is 1. The highest BCUT2D eigenvalue weighted by Crippen LogP contribution is 2.32. The summed E-state index contributed by atoms with van der Waals surface area (Å²) in [5, 5.41) is 9.05. The van der Waals surface area contributed by atoms with Crippen molar-refractivity contribution in [2.24, 2.45) is 0 Å². The van der Waals surface area contributed by atoms with Crippen molar-refractivity contribution in [3.8, 4) is 0 Å². The van der Waals surface area contributed by atoms with Gasteiger partial charge in [0.2, 0.25) is 0 Å². The van der Waals surface area contributed by atoms with E-state index in [1.807, 2.05) is 4.90 Å². The molecule has 2 bridgehead atoms. The van der Waals surface area contributed by atoms with E-state index in [0.29, 0.717) is 5.82 Å². The third-order valence-corrected chi connectivity index (χ3v) is 3.54. The third kappa shape index (κ3) is 1.78. The Bertz CT molecular complexity index is 479.